The standard InChI is InChI=1S/C20H20N6O2S/c27-17-12-22-18-15(23-17)10-13(11-21-18)19(28)25-6-3-7-26(9-8-25)20-24-14-4-1-2-5-16(14)29-20/h1-2,4-5,10-11H,3,6-9,12H2,(H,21,22)(H,23,27). The summed E-state index contributed by atoms with van der Waals surface area (Å²) in [6.45, 7) is 3.10. The highest BCUT2D eigenvalue weighted by atomic mass is 32.1. The third-order valence-corrected chi connectivity index (χ3v) is 6.26. The van der Waals surface area contributed by atoms with Gasteiger partial charge in [0.15, 0.2) is 5.13 Å². The zero-order chi connectivity index (χ0) is 19.8. The Hall–Kier alpha value is -3.20. The van der Waals surface area contributed by atoms with E-state index in [2.05, 4.69) is 26.6 Å². The topological polar surface area (TPSA) is 90.5 Å². The summed E-state index contributed by atoms with van der Waals surface area (Å²) < 4.78 is 1.18. The van der Waals surface area contributed by atoms with Gasteiger partial charge in [0, 0.05) is 32.4 Å². The number of nitrogens with zero attached hydrogens (tertiary/aromatic N) is 4. The number of aromatic nitrogens is 2. The fourth-order valence-electron chi connectivity index (χ4n) is 3.67. The predicted molar refractivity (Wildman–Crippen MR) is 114 cm³/mol. The summed E-state index contributed by atoms with van der Waals surface area (Å²) in [7, 11) is 0. The summed E-state index contributed by atoms with van der Waals surface area (Å²) in [5.41, 5.74) is 2.06. The normalized spacial score (nSPS) is 16.8. The average molecular weight is 408 g/mol. The van der Waals surface area contributed by atoms with Crippen LogP contribution in [0.3, 0.4) is 0 Å². The van der Waals surface area contributed by atoms with Crippen LogP contribution in [0.1, 0.15) is 16.8 Å². The van der Waals surface area contributed by atoms with Crippen LogP contribution in [0.2, 0.25) is 0 Å². The number of thiazole rings is 1. The number of anilines is 3. The SMILES string of the molecule is O=C1CNc2ncc(C(=O)N3CCCN(c4nc5ccccc5s4)CC3)cc2N1. The number of fused-ring (bicyclic) bond motifs is 2. The van der Waals surface area contributed by atoms with E-state index in [9.17, 15) is 9.59 Å². The lowest BCUT2D eigenvalue weighted by molar-refractivity contribution is -0.114. The van der Waals surface area contributed by atoms with Crippen molar-refractivity contribution in [2.75, 3.05) is 48.3 Å². The van der Waals surface area contributed by atoms with Crippen LogP contribution in [0.4, 0.5) is 16.6 Å². The fourth-order valence-corrected chi connectivity index (χ4v) is 4.68. The van der Waals surface area contributed by atoms with Crippen LogP contribution in [0.25, 0.3) is 10.2 Å². The number of nitrogens with one attached hydrogen (secondary N) is 2. The van der Waals surface area contributed by atoms with Gasteiger partial charge < -0.3 is 20.4 Å². The lowest BCUT2D eigenvalue weighted by Gasteiger charge is -2.23. The Morgan fingerprint density at radius 3 is 2.93 bits per heavy atom. The van der Waals surface area contributed by atoms with Gasteiger partial charge in [0.25, 0.3) is 5.91 Å². The van der Waals surface area contributed by atoms with E-state index in [1.165, 1.54) is 4.70 Å². The fraction of sp³-hybridized carbons (Fsp3) is 0.300. The van der Waals surface area contributed by atoms with Gasteiger partial charge in [0.05, 0.1) is 28.0 Å². The lowest BCUT2D eigenvalue weighted by atomic mass is 10.2. The van der Waals surface area contributed by atoms with Crippen LogP contribution in [-0.2, 0) is 4.79 Å². The lowest BCUT2D eigenvalue weighted by Crippen LogP contribution is -2.35. The van der Waals surface area contributed by atoms with Gasteiger partial charge in [-0.2, -0.15) is 0 Å². The molecule has 9 heteroatoms. The molecule has 2 aromatic heterocycles. The van der Waals surface area contributed by atoms with Gasteiger partial charge in [-0.3, -0.25) is 9.59 Å². The molecule has 5 rings (SSSR count). The van der Waals surface area contributed by atoms with Gasteiger partial charge in [-0.15, -0.1) is 0 Å². The molecule has 0 radical (unpaired) electrons. The summed E-state index contributed by atoms with van der Waals surface area (Å²) in [5, 5.41) is 6.71. The highest BCUT2D eigenvalue weighted by molar-refractivity contribution is 7.22. The van der Waals surface area contributed by atoms with Crippen molar-refractivity contribution < 1.29 is 9.59 Å². The molecule has 1 saturated heterocycles. The summed E-state index contributed by atoms with van der Waals surface area (Å²) in [6.07, 6.45) is 2.44. The molecule has 2 amide bonds. The predicted octanol–water partition coefficient (Wildman–Crippen LogP) is 2.41. The minimum absolute atomic E-state index is 0.0636. The quantitative estimate of drug-likeness (QED) is 0.677. The van der Waals surface area contributed by atoms with E-state index in [1.807, 2.05) is 23.1 Å². The molecule has 148 valence electrons. The molecule has 3 aromatic rings. The summed E-state index contributed by atoms with van der Waals surface area (Å²) in [5.74, 6) is 0.399. The molecule has 0 bridgehead atoms. The van der Waals surface area contributed by atoms with Crippen LogP contribution >= 0.6 is 11.3 Å². The van der Waals surface area contributed by atoms with Gasteiger partial charge in [0.1, 0.15) is 5.82 Å². The van der Waals surface area contributed by atoms with E-state index < -0.39 is 0 Å². The van der Waals surface area contributed by atoms with Gasteiger partial charge >= 0.3 is 0 Å². The van der Waals surface area contributed by atoms with E-state index in [-0.39, 0.29) is 18.4 Å². The van der Waals surface area contributed by atoms with E-state index in [4.69, 9.17) is 4.98 Å². The molecule has 8 nitrogen and oxygen atoms in total. The highest BCUT2D eigenvalue weighted by Crippen LogP contribution is 2.29. The monoisotopic (exact) mass is 408 g/mol. The molecule has 2 aliphatic rings. The third-order valence-electron chi connectivity index (χ3n) is 5.16. The molecule has 1 aromatic carbocycles. The molecular formula is C20H20N6O2S. The maximum atomic E-state index is 13.0. The van der Waals surface area contributed by atoms with Crippen molar-refractivity contribution >= 4 is 50.0 Å². The van der Waals surface area contributed by atoms with E-state index in [0.717, 1.165) is 30.2 Å². The van der Waals surface area contributed by atoms with Gasteiger partial charge in [-0.25, -0.2) is 9.97 Å². The zero-order valence-corrected chi connectivity index (χ0v) is 16.5. The number of hydrogen-bond acceptors (Lipinski definition) is 7. The van der Waals surface area contributed by atoms with Crippen LogP contribution < -0.4 is 15.5 Å². The zero-order valence-electron chi connectivity index (χ0n) is 15.7. The number of benzene rings is 1. The first-order valence-corrected chi connectivity index (χ1v) is 10.4. The molecular weight excluding hydrogens is 388 g/mol. The van der Waals surface area contributed by atoms with Crippen LogP contribution in [-0.4, -0.2) is 59.4 Å². The largest absolute Gasteiger partial charge is 0.359 e. The first kappa shape index (κ1) is 17.9. The molecule has 0 saturated carbocycles. The van der Waals surface area contributed by atoms with Crippen LogP contribution in [0, 0.1) is 0 Å². The van der Waals surface area contributed by atoms with E-state index in [1.54, 1.807) is 23.6 Å². The number of amides is 2. The minimum Gasteiger partial charge on any atom is -0.359 e. The third kappa shape index (κ3) is 3.49. The molecule has 0 unspecified atom stereocenters. The summed E-state index contributed by atoms with van der Waals surface area (Å²) in [4.78, 5) is 37.8. The van der Waals surface area contributed by atoms with Crippen molar-refractivity contribution in [1.82, 2.24) is 14.9 Å². The number of pyridine rings is 1. The maximum absolute atomic E-state index is 13.0. The van der Waals surface area contributed by atoms with Crippen molar-refractivity contribution in [2.45, 2.75) is 6.42 Å². The van der Waals surface area contributed by atoms with Crippen LogP contribution in [0.5, 0.6) is 0 Å². The maximum Gasteiger partial charge on any atom is 0.255 e. The van der Waals surface area contributed by atoms with Gasteiger partial charge in [-0.05, 0) is 24.6 Å². The van der Waals surface area contributed by atoms with Crippen molar-refractivity contribution in [3.63, 3.8) is 0 Å². The number of carbonyl (C=O) groups excluding carboxylic acids is 2. The van der Waals surface area contributed by atoms with Crippen LogP contribution in [0.15, 0.2) is 36.5 Å². The molecule has 0 spiro atoms. The molecule has 2 N–H and O–H groups in total. The molecule has 0 aliphatic carbocycles. The number of hydrogen-bond donors (Lipinski definition) is 2. The first-order valence-electron chi connectivity index (χ1n) is 9.61. The minimum atomic E-state index is -0.134. The first-order chi connectivity index (χ1) is 14.2. The van der Waals surface area contributed by atoms with Crippen molar-refractivity contribution in [1.29, 1.82) is 0 Å². The Balaban J connectivity index is 1.31. The summed E-state index contributed by atoms with van der Waals surface area (Å²) in [6, 6.07) is 9.84. The molecule has 29 heavy (non-hydrogen) atoms. The second-order valence-electron chi connectivity index (χ2n) is 7.12. The summed E-state index contributed by atoms with van der Waals surface area (Å²) >= 11 is 1.69. The smallest absolute Gasteiger partial charge is 0.255 e. The highest BCUT2D eigenvalue weighted by Gasteiger charge is 2.24. The molecule has 4 heterocycles. The Labute approximate surface area is 171 Å². The second kappa shape index (κ2) is 7.32. The number of rotatable bonds is 2. The van der Waals surface area contributed by atoms with Crippen molar-refractivity contribution in [2.24, 2.45) is 0 Å². The Kier molecular flexibility index (Phi) is 4.51. The Morgan fingerprint density at radius 2 is 2.03 bits per heavy atom. The van der Waals surface area contributed by atoms with Crippen molar-refractivity contribution in [3.8, 4) is 0 Å². The molecule has 0 atom stereocenters. The second-order valence-corrected chi connectivity index (χ2v) is 8.13. The Bertz CT molecular complexity index is 1060. The number of carbonyl (C=O) groups is 2. The van der Waals surface area contributed by atoms with Gasteiger partial charge in [-0.1, -0.05) is 23.5 Å². The average Bonchev–Trinajstić information content (AvgIpc) is 3.02. The molecule has 1 fully saturated rings. The van der Waals surface area contributed by atoms with Crippen molar-refractivity contribution in [3.05, 3.63) is 42.1 Å². The number of para-hydroxylation sites is 1. The van der Waals surface area contributed by atoms with E-state index >= 15 is 0 Å². The van der Waals surface area contributed by atoms with E-state index in [0.29, 0.717) is 30.2 Å². The van der Waals surface area contributed by atoms with Gasteiger partial charge in [0.2, 0.25) is 5.91 Å². The Morgan fingerprint density at radius 1 is 1.14 bits per heavy atom. The molecule has 2 aliphatic heterocycles.